The average Bonchev–Trinajstić information content (AvgIpc) is 2.85. The van der Waals surface area contributed by atoms with Crippen LogP contribution in [-0.2, 0) is 28.6 Å². The Hall–Kier alpha value is -1.78. The first-order valence-electron chi connectivity index (χ1n) is 13.7. The lowest BCUT2D eigenvalue weighted by atomic mass is 9.44. The van der Waals surface area contributed by atoms with E-state index in [1.165, 1.54) is 6.08 Å². The van der Waals surface area contributed by atoms with Gasteiger partial charge < -0.3 is 24.4 Å². The molecular formula is C29H44ClNO8. The lowest BCUT2D eigenvalue weighted by molar-refractivity contribution is -0.305. The van der Waals surface area contributed by atoms with Crippen molar-refractivity contribution in [3.63, 3.8) is 0 Å². The van der Waals surface area contributed by atoms with Crippen LogP contribution in [0.2, 0.25) is 0 Å². The minimum Gasteiger partial charge on any atom is -0.453 e. The molecule has 220 valence electrons. The number of ether oxygens (including phenoxy) is 3. The van der Waals surface area contributed by atoms with E-state index in [0.717, 1.165) is 32.4 Å². The van der Waals surface area contributed by atoms with Gasteiger partial charge >= 0.3 is 11.9 Å². The fourth-order valence-corrected chi connectivity index (χ4v) is 7.26. The molecule has 39 heavy (non-hydrogen) atoms. The molecule has 4 aliphatic rings. The minimum atomic E-state index is -2.19. The van der Waals surface area contributed by atoms with Crippen LogP contribution < -0.4 is 0 Å². The molecule has 9 nitrogen and oxygen atoms in total. The number of nitrogens with zero attached hydrogens (tertiary/aromatic N) is 1. The number of fused-ring (bicyclic) bond motifs is 3. The maximum Gasteiger partial charge on any atom is 0.344 e. The fourth-order valence-electron chi connectivity index (χ4n) is 7.26. The van der Waals surface area contributed by atoms with E-state index in [-0.39, 0.29) is 25.4 Å². The van der Waals surface area contributed by atoms with E-state index in [4.69, 9.17) is 14.2 Å². The Morgan fingerprint density at radius 3 is 2.41 bits per heavy atom. The van der Waals surface area contributed by atoms with Crippen molar-refractivity contribution in [1.82, 2.24) is 4.90 Å². The van der Waals surface area contributed by atoms with Crippen molar-refractivity contribution in [3.05, 3.63) is 24.3 Å². The van der Waals surface area contributed by atoms with Crippen LogP contribution in [0.1, 0.15) is 73.1 Å². The molecule has 2 aliphatic heterocycles. The topological polar surface area (TPSA) is 123 Å². The number of aliphatic hydroxyl groups excluding tert-OH is 1. The van der Waals surface area contributed by atoms with Gasteiger partial charge in [0.25, 0.3) is 0 Å². The monoisotopic (exact) mass is 569 g/mol. The number of carbonyl (C=O) groups is 3. The van der Waals surface area contributed by atoms with Crippen molar-refractivity contribution < 1.29 is 38.8 Å². The Morgan fingerprint density at radius 1 is 1.15 bits per heavy atom. The van der Waals surface area contributed by atoms with Gasteiger partial charge in [0.05, 0.1) is 23.7 Å². The van der Waals surface area contributed by atoms with Gasteiger partial charge in [-0.2, -0.15) is 0 Å². The highest BCUT2D eigenvalue weighted by Gasteiger charge is 2.76. The Labute approximate surface area is 237 Å². The number of carbonyl (C=O) groups excluding carboxylic acids is 3. The van der Waals surface area contributed by atoms with E-state index < -0.39 is 64.2 Å². The Morgan fingerprint density at radius 2 is 1.79 bits per heavy atom. The van der Waals surface area contributed by atoms with Crippen molar-refractivity contribution in [3.8, 4) is 0 Å². The van der Waals surface area contributed by atoms with E-state index in [0.29, 0.717) is 18.4 Å². The molecule has 0 radical (unpaired) electrons. The third kappa shape index (κ3) is 5.10. The molecule has 0 unspecified atom stereocenters. The van der Waals surface area contributed by atoms with E-state index >= 15 is 0 Å². The van der Waals surface area contributed by atoms with Crippen molar-refractivity contribution >= 4 is 30.1 Å². The third-order valence-electron chi connectivity index (χ3n) is 9.53. The average molecular weight is 570 g/mol. The summed E-state index contributed by atoms with van der Waals surface area (Å²) in [6.45, 7) is 13.8. The molecule has 2 aliphatic carbocycles. The summed E-state index contributed by atoms with van der Waals surface area (Å²) in [7, 11) is 0. The third-order valence-corrected chi connectivity index (χ3v) is 9.53. The molecule has 2 saturated heterocycles. The first kappa shape index (κ1) is 31.7. The molecule has 0 spiro atoms. The molecule has 1 saturated carbocycles. The van der Waals surface area contributed by atoms with Gasteiger partial charge in [0.2, 0.25) is 0 Å². The van der Waals surface area contributed by atoms with Crippen LogP contribution in [0.15, 0.2) is 24.3 Å². The van der Waals surface area contributed by atoms with Gasteiger partial charge in [-0.15, -0.1) is 19.0 Å². The molecule has 0 amide bonds. The summed E-state index contributed by atoms with van der Waals surface area (Å²) in [6.07, 6.45) is 5.08. The van der Waals surface area contributed by atoms with E-state index in [2.05, 4.69) is 6.58 Å². The highest BCUT2D eigenvalue weighted by atomic mass is 35.5. The van der Waals surface area contributed by atoms with Crippen LogP contribution in [0.3, 0.4) is 0 Å². The molecular weight excluding hydrogens is 526 g/mol. The van der Waals surface area contributed by atoms with E-state index in [1.807, 2.05) is 18.7 Å². The predicted octanol–water partition coefficient (Wildman–Crippen LogP) is 2.90. The molecule has 10 heteroatoms. The molecule has 4 rings (SSSR count). The summed E-state index contributed by atoms with van der Waals surface area (Å²) in [5.74, 6) is -1.84. The zero-order valence-electron chi connectivity index (χ0n) is 23.8. The number of Topliss-reactive ketones (excluding diaryl/α,β-unsaturated/α-hetero) is 1. The minimum absolute atomic E-state index is 0. The number of hydrogen-bond donors (Lipinski definition) is 2. The second kappa shape index (κ2) is 10.9. The number of halogens is 1. The largest absolute Gasteiger partial charge is 0.453 e. The Kier molecular flexibility index (Phi) is 8.87. The first-order chi connectivity index (χ1) is 17.6. The highest BCUT2D eigenvalue weighted by Crippen LogP contribution is 2.64. The lowest BCUT2D eigenvalue weighted by Crippen LogP contribution is -2.81. The Bertz CT molecular complexity index is 1040. The van der Waals surface area contributed by atoms with Gasteiger partial charge in [-0.1, -0.05) is 31.9 Å². The number of esters is 2. The zero-order chi connectivity index (χ0) is 28.1. The summed E-state index contributed by atoms with van der Waals surface area (Å²) >= 11 is 0. The van der Waals surface area contributed by atoms with Crippen molar-refractivity contribution in [1.29, 1.82) is 0 Å². The van der Waals surface area contributed by atoms with Crippen LogP contribution in [0.25, 0.3) is 0 Å². The predicted molar refractivity (Wildman–Crippen MR) is 146 cm³/mol. The summed E-state index contributed by atoms with van der Waals surface area (Å²) < 4.78 is 17.4. The van der Waals surface area contributed by atoms with Gasteiger partial charge in [-0.25, -0.2) is 4.79 Å². The quantitative estimate of drug-likeness (QED) is 0.367. The van der Waals surface area contributed by atoms with Crippen LogP contribution in [-0.4, -0.2) is 88.1 Å². The van der Waals surface area contributed by atoms with Gasteiger partial charge in [0, 0.05) is 6.42 Å². The molecule has 0 bridgehead atoms. The number of hydrogen-bond acceptors (Lipinski definition) is 9. The number of likely N-dealkylation sites (tertiary alicyclic amines) is 1. The highest BCUT2D eigenvalue weighted by molar-refractivity contribution is 5.93. The molecule has 2 heterocycles. The second-order valence-corrected chi connectivity index (χ2v) is 12.7. The van der Waals surface area contributed by atoms with Crippen LogP contribution >= 0.6 is 12.4 Å². The number of aliphatic hydroxyl groups is 2. The van der Waals surface area contributed by atoms with Gasteiger partial charge in [-0.3, -0.25) is 14.5 Å². The SMILES string of the molecule is C=C[C@@]1(C)CC(=O)[C@@]2(O)[C@](C)(O1)[C@@H](OC(=O)COC(=O)CN1CCCCC1)C=C1C(C)(C)CC[C@H](O)[C@@]12C.Cl. The van der Waals surface area contributed by atoms with Crippen LogP contribution in [0, 0.1) is 10.8 Å². The zero-order valence-corrected chi connectivity index (χ0v) is 24.6. The maximum absolute atomic E-state index is 13.9. The van der Waals surface area contributed by atoms with Gasteiger partial charge in [0.15, 0.2) is 24.1 Å². The molecule has 3 fully saturated rings. The number of ketones is 1. The van der Waals surface area contributed by atoms with E-state index in [9.17, 15) is 24.6 Å². The number of piperidine rings is 1. The van der Waals surface area contributed by atoms with Crippen LogP contribution in [0.5, 0.6) is 0 Å². The Balaban J connectivity index is 0.00000420. The van der Waals surface area contributed by atoms with E-state index in [1.54, 1.807) is 26.8 Å². The van der Waals surface area contributed by atoms with Crippen molar-refractivity contribution in [2.75, 3.05) is 26.2 Å². The molecule has 2 N–H and O–H groups in total. The maximum atomic E-state index is 13.9. The molecule has 6 atom stereocenters. The second-order valence-electron chi connectivity index (χ2n) is 12.7. The molecule has 0 aromatic carbocycles. The summed E-state index contributed by atoms with van der Waals surface area (Å²) in [5.41, 5.74) is -6.28. The fraction of sp³-hybridized carbons (Fsp3) is 0.759. The lowest BCUT2D eigenvalue weighted by Gasteiger charge is -2.66. The van der Waals surface area contributed by atoms with Crippen LogP contribution in [0.4, 0.5) is 0 Å². The molecule has 0 aromatic heterocycles. The summed E-state index contributed by atoms with van der Waals surface area (Å²) in [5, 5.41) is 23.7. The van der Waals surface area contributed by atoms with Gasteiger partial charge in [-0.05, 0) is 71.0 Å². The molecule has 0 aromatic rings. The van der Waals surface area contributed by atoms with Crippen molar-refractivity contribution in [2.45, 2.75) is 102 Å². The van der Waals surface area contributed by atoms with Gasteiger partial charge in [0.1, 0.15) is 5.60 Å². The number of rotatable bonds is 6. The summed E-state index contributed by atoms with van der Waals surface area (Å²) in [4.78, 5) is 41.2. The normalized spacial score (nSPS) is 39.8. The first-order valence-corrected chi connectivity index (χ1v) is 13.7. The van der Waals surface area contributed by atoms with Crippen molar-refractivity contribution in [2.24, 2.45) is 10.8 Å². The smallest absolute Gasteiger partial charge is 0.344 e. The standard InChI is InChI=1S/C29H43NO8.ClH/c1-7-26(4)16-21(32)29(35)27(5)19(25(2,3)12-11-20(27)31)15-22(28(29,6)38-26)37-24(34)18-36-23(33)17-30-13-9-8-10-14-30;/h7,15,20,22,31,35H,1,8-14,16-18H2,2-6H3;1H/t20-,22-,26-,27+,28+,29-;/m0./s1. The summed E-state index contributed by atoms with van der Waals surface area (Å²) in [6, 6.07) is 0.